The number of halogens is 1. The second-order valence-corrected chi connectivity index (χ2v) is 6.07. The maximum Gasteiger partial charge on any atom is 0.241 e. The van der Waals surface area contributed by atoms with E-state index in [-0.39, 0.29) is 17.8 Å². The van der Waals surface area contributed by atoms with E-state index in [4.69, 9.17) is 9.47 Å². The third-order valence-electron chi connectivity index (χ3n) is 4.19. The molecule has 1 N–H and O–H groups in total. The SMILES string of the molecule is C[C@@H](C(=O)Nc1ccc(F)cc1)N(C)Cc1ccc2c(c1)OCCO2. The van der Waals surface area contributed by atoms with Gasteiger partial charge < -0.3 is 14.8 Å². The largest absolute Gasteiger partial charge is 0.486 e. The van der Waals surface area contributed by atoms with E-state index in [2.05, 4.69) is 5.32 Å². The molecule has 0 aliphatic carbocycles. The third kappa shape index (κ3) is 4.28. The van der Waals surface area contributed by atoms with Gasteiger partial charge in [-0.25, -0.2) is 4.39 Å². The van der Waals surface area contributed by atoms with Gasteiger partial charge in [0, 0.05) is 12.2 Å². The van der Waals surface area contributed by atoms with Crippen molar-refractivity contribution in [1.29, 1.82) is 0 Å². The fourth-order valence-corrected chi connectivity index (χ4v) is 2.59. The molecular formula is C19H21FN2O3. The zero-order valence-corrected chi connectivity index (χ0v) is 14.3. The van der Waals surface area contributed by atoms with E-state index < -0.39 is 0 Å². The van der Waals surface area contributed by atoms with E-state index in [9.17, 15) is 9.18 Å². The van der Waals surface area contributed by atoms with Crippen molar-refractivity contribution in [3.63, 3.8) is 0 Å². The molecule has 6 heteroatoms. The number of benzene rings is 2. The van der Waals surface area contributed by atoms with Crippen LogP contribution < -0.4 is 14.8 Å². The van der Waals surface area contributed by atoms with Crippen molar-refractivity contribution in [1.82, 2.24) is 4.90 Å². The molecule has 0 fully saturated rings. The first-order valence-corrected chi connectivity index (χ1v) is 8.18. The Kier molecular flexibility index (Phi) is 5.19. The zero-order valence-electron chi connectivity index (χ0n) is 14.3. The van der Waals surface area contributed by atoms with Crippen LogP contribution in [0.1, 0.15) is 12.5 Å². The molecular weight excluding hydrogens is 323 g/mol. The van der Waals surface area contributed by atoms with Crippen LogP contribution in [-0.2, 0) is 11.3 Å². The van der Waals surface area contributed by atoms with Crippen molar-refractivity contribution in [2.45, 2.75) is 19.5 Å². The third-order valence-corrected chi connectivity index (χ3v) is 4.19. The quantitative estimate of drug-likeness (QED) is 0.906. The van der Waals surface area contributed by atoms with Crippen molar-refractivity contribution in [2.24, 2.45) is 0 Å². The number of ether oxygens (including phenoxy) is 2. The van der Waals surface area contributed by atoms with Crippen molar-refractivity contribution < 1.29 is 18.7 Å². The number of hydrogen-bond acceptors (Lipinski definition) is 4. The first kappa shape index (κ1) is 17.2. The lowest BCUT2D eigenvalue weighted by molar-refractivity contribution is -0.120. The van der Waals surface area contributed by atoms with Gasteiger partial charge >= 0.3 is 0 Å². The molecule has 0 aromatic heterocycles. The number of likely N-dealkylation sites (N-methyl/N-ethyl adjacent to an activating group) is 1. The summed E-state index contributed by atoms with van der Waals surface area (Å²) in [5.74, 6) is 1.01. The standard InChI is InChI=1S/C19H21FN2O3/c1-13(19(23)21-16-6-4-15(20)5-7-16)22(2)12-14-3-8-17-18(11-14)25-10-9-24-17/h3-8,11,13H,9-10,12H2,1-2H3,(H,21,23)/t13-/m0/s1. The minimum absolute atomic E-state index is 0.147. The van der Waals surface area contributed by atoms with Gasteiger partial charge in [-0.05, 0) is 55.9 Å². The van der Waals surface area contributed by atoms with Crippen molar-refractivity contribution in [2.75, 3.05) is 25.6 Å². The number of carbonyl (C=O) groups is 1. The first-order chi connectivity index (χ1) is 12.0. The number of amides is 1. The Bertz CT molecular complexity index is 749. The highest BCUT2D eigenvalue weighted by molar-refractivity contribution is 5.94. The molecule has 0 spiro atoms. The Morgan fingerprint density at radius 1 is 1.16 bits per heavy atom. The lowest BCUT2D eigenvalue weighted by atomic mass is 10.1. The summed E-state index contributed by atoms with van der Waals surface area (Å²) in [6.45, 7) is 3.53. The Balaban J connectivity index is 1.60. The number of carbonyl (C=O) groups excluding carboxylic acids is 1. The first-order valence-electron chi connectivity index (χ1n) is 8.18. The van der Waals surface area contributed by atoms with Crippen LogP contribution in [0, 0.1) is 5.82 Å². The summed E-state index contributed by atoms with van der Waals surface area (Å²) in [4.78, 5) is 14.3. The smallest absolute Gasteiger partial charge is 0.241 e. The molecule has 1 heterocycles. The second kappa shape index (κ2) is 7.53. The summed E-state index contributed by atoms with van der Waals surface area (Å²) < 4.78 is 24.0. The van der Waals surface area contributed by atoms with Crippen LogP contribution in [-0.4, -0.2) is 37.1 Å². The molecule has 0 radical (unpaired) electrons. The molecule has 0 bridgehead atoms. The van der Waals surface area contributed by atoms with Gasteiger partial charge in [-0.1, -0.05) is 6.07 Å². The van der Waals surface area contributed by atoms with Crippen molar-refractivity contribution >= 4 is 11.6 Å². The molecule has 1 atom stereocenters. The summed E-state index contributed by atoms with van der Waals surface area (Å²) in [6.07, 6.45) is 0. The molecule has 5 nitrogen and oxygen atoms in total. The molecule has 0 saturated carbocycles. The fraction of sp³-hybridized carbons (Fsp3) is 0.316. The van der Waals surface area contributed by atoms with Gasteiger partial charge in [-0.15, -0.1) is 0 Å². The Morgan fingerprint density at radius 3 is 2.56 bits per heavy atom. The van der Waals surface area contributed by atoms with Crippen LogP contribution in [0.15, 0.2) is 42.5 Å². The lowest BCUT2D eigenvalue weighted by Gasteiger charge is -2.25. The van der Waals surface area contributed by atoms with E-state index >= 15 is 0 Å². The summed E-state index contributed by atoms with van der Waals surface area (Å²) in [5, 5.41) is 2.79. The van der Waals surface area contributed by atoms with Crippen molar-refractivity contribution in [3.8, 4) is 11.5 Å². The van der Waals surface area contributed by atoms with E-state index in [0.717, 1.165) is 17.1 Å². The average molecular weight is 344 g/mol. The molecule has 2 aromatic rings. The van der Waals surface area contributed by atoms with Crippen LogP contribution in [0.3, 0.4) is 0 Å². The van der Waals surface area contributed by atoms with Gasteiger partial charge in [-0.2, -0.15) is 0 Å². The van der Waals surface area contributed by atoms with E-state index in [1.165, 1.54) is 12.1 Å². The summed E-state index contributed by atoms with van der Waals surface area (Å²) >= 11 is 0. The van der Waals surface area contributed by atoms with Gasteiger partial charge in [-0.3, -0.25) is 9.69 Å². The van der Waals surface area contributed by atoms with Crippen LogP contribution >= 0.6 is 0 Å². The Labute approximate surface area is 146 Å². The minimum Gasteiger partial charge on any atom is -0.486 e. The van der Waals surface area contributed by atoms with E-state index in [1.54, 1.807) is 12.1 Å². The molecule has 0 unspecified atom stereocenters. The molecule has 3 rings (SSSR count). The second-order valence-electron chi connectivity index (χ2n) is 6.07. The minimum atomic E-state index is -0.349. The van der Waals surface area contributed by atoms with Gasteiger partial charge in [0.15, 0.2) is 11.5 Å². The van der Waals surface area contributed by atoms with Crippen LogP contribution in [0.25, 0.3) is 0 Å². The number of nitrogens with zero attached hydrogens (tertiary/aromatic N) is 1. The zero-order chi connectivity index (χ0) is 17.8. The van der Waals surface area contributed by atoms with E-state index in [0.29, 0.717) is 25.4 Å². The topological polar surface area (TPSA) is 50.8 Å². The van der Waals surface area contributed by atoms with E-state index in [1.807, 2.05) is 37.1 Å². The Morgan fingerprint density at radius 2 is 1.84 bits per heavy atom. The monoisotopic (exact) mass is 344 g/mol. The van der Waals surface area contributed by atoms with Crippen LogP contribution in [0.2, 0.25) is 0 Å². The highest BCUT2D eigenvalue weighted by Gasteiger charge is 2.19. The predicted octanol–water partition coefficient (Wildman–Crippen LogP) is 3.06. The highest BCUT2D eigenvalue weighted by Crippen LogP contribution is 2.31. The number of nitrogens with one attached hydrogen (secondary N) is 1. The lowest BCUT2D eigenvalue weighted by Crippen LogP contribution is -2.39. The van der Waals surface area contributed by atoms with Crippen molar-refractivity contribution in [3.05, 3.63) is 53.8 Å². The van der Waals surface area contributed by atoms with Crippen LogP contribution in [0.5, 0.6) is 11.5 Å². The predicted molar refractivity (Wildman–Crippen MR) is 93.4 cm³/mol. The van der Waals surface area contributed by atoms with Crippen LogP contribution in [0.4, 0.5) is 10.1 Å². The Hall–Kier alpha value is -2.60. The highest BCUT2D eigenvalue weighted by atomic mass is 19.1. The molecule has 2 aromatic carbocycles. The summed E-state index contributed by atoms with van der Waals surface area (Å²) in [5.41, 5.74) is 1.61. The maximum atomic E-state index is 12.9. The van der Waals surface area contributed by atoms with Gasteiger partial charge in [0.05, 0.1) is 6.04 Å². The summed E-state index contributed by atoms with van der Waals surface area (Å²) in [6, 6.07) is 11.2. The average Bonchev–Trinajstić information content (AvgIpc) is 2.62. The number of fused-ring (bicyclic) bond motifs is 1. The van der Waals surface area contributed by atoms with Gasteiger partial charge in [0.1, 0.15) is 19.0 Å². The van der Waals surface area contributed by atoms with Gasteiger partial charge in [0.25, 0.3) is 0 Å². The molecule has 1 aliphatic heterocycles. The summed E-state index contributed by atoms with van der Waals surface area (Å²) in [7, 11) is 1.88. The number of hydrogen-bond donors (Lipinski definition) is 1. The molecule has 0 saturated heterocycles. The number of anilines is 1. The molecule has 132 valence electrons. The normalized spacial score (nSPS) is 14.2. The van der Waals surface area contributed by atoms with Gasteiger partial charge in [0.2, 0.25) is 5.91 Å². The fourth-order valence-electron chi connectivity index (χ4n) is 2.59. The molecule has 25 heavy (non-hydrogen) atoms. The molecule has 1 aliphatic rings. The maximum absolute atomic E-state index is 12.9. The number of rotatable bonds is 5. The molecule has 1 amide bonds.